The van der Waals surface area contributed by atoms with Crippen molar-refractivity contribution in [2.24, 2.45) is 0 Å². The Kier molecular flexibility index (Phi) is 6.07. The average Bonchev–Trinajstić information content (AvgIpc) is 3.22. The lowest BCUT2D eigenvalue weighted by atomic mass is 9.98. The number of carbonyl (C=O) groups is 1. The Morgan fingerprint density at radius 1 is 1.14 bits per heavy atom. The number of aromatic nitrogens is 2. The molecule has 3 heterocycles. The second kappa shape index (κ2) is 8.88. The molecule has 0 radical (unpaired) electrons. The minimum Gasteiger partial charge on any atom is -0.338 e. The molecule has 0 saturated carbocycles. The Hall–Kier alpha value is -2.18. The van der Waals surface area contributed by atoms with Crippen molar-refractivity contribution >= 4 is 23.2 Å². The Morgan fingerprint density at radius 3 is 2.54 bits per heavy atom. The molecule has 6 heteroatoms. The third kappa shape index (κ3) is 4.45. The lowest BCUT2D eigenvalue weighted by Gasteiger charge is -2.28. The first-order valence-electron chi connectivity index (χ1n) is 9.82. The zero-order chi connectivity index (χ0) is 19.3. The number of nitrogens with zero attached hydrogens (tertiary/aromatic N) is 4. The molecule has 4 rings (SSSR count). The van der Waals surface area contributed by atoms with E-state index in [1.807, 2.05) is 22.7 Å². The van der Waals surface area contributed by atoms with Crippen molar-refractivity contribution in [3.05, 3.63) is 54.4 Å². The van der Waals surface area contributed by atoms with Crippen LogP contribution in [0.3, 0.4) is 0 Å². The Morgan fingerprint density at radius 2 is 1.89 bits per heavy atom. The fourth-order valence-electron chi connectivity index (χ4n) is 3.86. The normalized spacial score (nSPS) is 20.2. The van der Waals surface area contributed by atoms with Crippen molar-refractivity contribution < 1.29 is 4.79 Å². The van der Waals surface area contributed by atoms with E-state index in [0.717, 1.165) is 37.4 Å². The van der Waals surface area contributed by atoms with E-state index in [2.05, 4.69) is 51.5 Å². The van der Waals surface area contributed by atoms with Gasteiger partial charge in [0.15, 0.2) is 5.82 Å². The van der Waals surface area contributed by atoms with Crippen molar-refractivity contribution in [1.82, 2.24) is 19.8 Å². The molecule has 0 aliphatic carbocycles. The molecule has 0 spiro atoms. The molecule has 1 aromatic heterocycles. The fourth-order valence-corrected chi connectivity index (χ4v) is 4.56. The number of carbonyl (C=O) groups excluding carboxylic acids is 1. The van der Waals surface area contributed by atoms with E-state index in [1.54, 1.807) is 12.4 Å². The van der Waals surface area contributed by atoms with Gasteiger partial charge in [-0.05, 0) is 42.8 Å². The van der Waals surface area contributed by atoms with Crippen molar-refractivity contribution in [2.45, 2.75) is 18.1 Å². The molecule has 5 nitrogen and oxygen atoms in total. The summed E-state index contributed by atoms with van der Waals surface area (Å²) in [5.41, 5.74) is 3.55. The second-order valence-electron chi connectivity index (χ2n) is 7.35. The molecule has 1 aromatic carbocycles. The summed E-state index contributed by atoms with van der Waals surface area (Å²) in [4.78, 5) is 25.5. The molecule has 1 fully saturated rings. The van der Waals surface area contributed by atoms with Crippen molar-refractivity contribution in [2.75, 3.05) is 39.0 Å². The maximum absolute atomic E-state index is 12.6. The number of hydrogen-bond acceptors (Lipinski definition) is 5. The molecule has 2 aliphatic heterocycles. The average molecular weight is 395 g/mol. The molecule has 2 aromatic rings. The van der Waals surface area contributed by atoms with E-state index in [1.165, 1.54) is 17.6 Å². The van der Waals surface area contributed by atoms with Gasteiger partial charge in [0.1, 0.15) is 0 Å². The molecule has 0 bridgehead atoms. The van der Waals surface area contributed by atoms with Crippen LogP contribution in [-0.4, -0.2) is 69.9 Å². The lowest BCUT2D eigenvalue weighted by Crippen LogP contribution is -2.41. The van der Waals surface area contributed by atoms with Gasteiger partial charge in [0.25, 0.3) is 0 Å². The molecule has 1 atom stereocenters. The van der Waals surface area contributed by atoms with Crippen LogP contribution in [0.15, 0.2) is 48.8 Å². The van der Waals surface area contributed by atoms with Gasteiger partial charge in [-0.25, -0.2) is 9.97 Å². The summed E-state index contributed by atoms with van der Waals surface area (Å²) in [5, 5.41) is 0.685. The van der Waals surface area contributed by atoms with E-state index in [0.29, 0.717) is 18.3 Å². The van der Waals surface area contributed by atoms with E-state index in [4.69, 9.17) is 0 Å². The SMILES string of the molecule is CSC1CCN(CC(=O)N2CC=C(c3ccc(-c4ncccn4)cc3)CC2)C1. The third-order valence-corrected chi connectivity index (χ3v) is 6.61. The van der Waals surface area contributed by atoms with Crippen LogP contribution in [0.5, 0.6) is 0 Å². The van der Waals surface area contributed by atoms with Crippen molar-refractivity contribution in [3.63, 3.8) is 0 Å². The highest BCUT2D eigenvalue weighted by atomic mass is 32.2. The van der Waals surface area contributed by atoms with Crippen LogP contribution >= 0.6 is 11.8 Å². The van der Waals surface area contributed by atoms with Gasteiger partial charge in [0, 0.05) is 42.8 Å². The second-order valence-corrected chi connectivity index (χ2v) is 8.49. The highest BCUT2D eigenvalue weighted by Gasteiger charge is 2.26. The van der Waals surface area contributed by atoms with Gasteiger partial charge in [-0.1, -0.05) is 30.3 Å². The summed E-state index contributed by atoms with van der Waals surface area (Å²) in [7, 11) is 0. The third-order valence-electron chi connectivity index (χ3n) is 5.56. The largest absolute Gasteiger partial charge is 0.338 e. The maximum atomic E-state index is 12.6. The van der Waals surface area contributed by atoms with E-state index in [9.17, 15) is 4.79 Å². The predicted molar refractivity (Wildman–Crippen MR) is 115 cm³/mol. The summed E-state index contributed by atoms with van der Waals surface area (Å²) < 4.78 is 0. The molecule has 2 aliphatic rings. The molecule has 1 amide bonds. The molecule has 0 N–H and O–H groups in total. The number of benzene rings is 1. The van der Waals surface area contributed by atoms with Gasteiger partial charge in [0.05, 0.1) is 6.54 Å². The van der Waals surface area contributed by atoms with Crippen LogP contribution in [0, 0.1) is 0 Å². The van der Waals surface area contributed by atoms with E-state index in [-0.39, 0.29) is 5.91 Å². The molecule has 1 saturated heterocycles. The summed E-state index contributed by atoms with van der Waals surface area (Å²) in [6.07, 6.45) is 9.98. The van der Waals surface area contributed by atoms with Crippen LogP contribution in [0.1, 0.15) is 18.4 Å². The summed E-state index contributed by atoms with van der Waals surface area (Å²) in [5.74, 6) is 1.00. The standard InChI is InChI=1S/C22H26N4OS/c1-28-20-9-12-25(15-20)16-21(27)26-13-7-18(8-14-26)17-3-5-19(6-4-17)22-23-10-2-11-24-22/h2-7,10-11,20H,8-9,12-16H2,1H3. The Balaban J connectivity index is 1.34. The monoisotopic (exact) mass is 394 g/mol. The van der Waals surface area contributed by atoms with Gasteiger partial charge in [-0.2, -0.15) is 11.8 Å². The summed E-state index contributed by atoms with van der Waals surface area (Å²) >= 11 is 1.91. The molecular formula is C22H26N4OS. The van der Waals surface area contributed by atoms with Crippen LogP contribution in [0.2, 0.25) is 0 Å². The molecular weight excluding hydrogens is 368 g/mol. The molecule has 1 unspecified atom stereocenters. The maximum Gasteiger partial charge on any atom is 0.237 e. The van der Waals surface area contributed by atoms with Crippen LogP contribution in [0.4, 0.5) is 0 Å². The van der Waals surface area contributed by atoms with Gasteiger partial charge in [-0.15, -0.1) is 0 Å². The predicted octanol–water partition coefficient (Wildman–Crippen LogP) is 3.20. The number of likely N-dealkylation sites (tertiary alicyclic amines) is 1. The fraction of sp³-hybridized carbons (Fsp3) is 0.409. The van der Waals surface area contributed by atoms with E-state index < -0.39 is 0 Å². The quantitative estimate of drug-likeness (QED) is 0.779. The summed E-state index contributed by atoms with van der Waals surface area (Å²) in [6, 6.07) is 10.2. The van der Waals surface area contributed by atoms with Crippen molar-refractivity contribution in [3.8, 4) is 11.4 Å². The smallest absolute Gasteiger partial charge is 0.237 e. The van der Waals surface area contributed by atoms with Crippen molar-refractivity contribution in [1.29, 1.82) is 0 Å². The van der Waals surface area contributed by atoms with Crippen LogP contribution in [-0.2, 0) is 4.79 Å². The molecule has 146 valence electrons. The Labute approximate surface area is 170 Å². The minimum atomic E-state index is 0.258. The van der Waals surface area contributed by atoms with E-state index >= 15 is 0 Å². The summed E-state index contributed by atoms with van der Waals surface area (Å²) in [6.45, 7) is 4.15. The highest BCUT2D eigenvalue weighted by Crippen LogP contribution is 2.25. The minimum absolute atomic E-state index is 0.258. The topological polar surface area (TPSA) is 49.3 Å². The first-order chi connectivity index (χ1) is 13.7. The van der Waals surface area contributed by atoms with Crippen LogP contribution in [0.25, 0.3) is 17.0 Å². The van der Waals surface area contributed by atoms with Gasteiger partial charge < -0.3 is 4.90 Å². The lowest BCUT2D eigenvalue weighted by molar-refractivity contribution is -0.131. The Bertz CT molecular complexity index is 837. The van der Waals surface area contributed by atoms with Gasteiger partial charge in [0.2, 0.25) is 5.91 Å². The number of amides is 1. The zero-order valence-electron chi connectivity index (χ0n) is 16.3. The number of rotatable bonds is 5. The number of thioether (sulfide) groups is 1. The van der Waals surface area contributed by atoms with Gasteiger partial charge in [-0.3, -0.25) is 9.69 Å². The van der Waals surface area contributed by atoms with Crippen LogP contribution < -0.4 is 0 Å². The zero-order valence-corrected chi connectivity index (χ0v) is 17.1. The van der Waals surface area contributed by atoms with Gasteiger partial charge >= 0.3 is 0 Å². The highest BCUT2D eigenvalue weighted by molar-refractivity contribution is 7.99. The molecule has 28 heavy (non-hydrogen) atoms. The first kappa shape index (κ1) is 19.2. The first-order valence-corrected chi connectivity index (χ1v) is 11.1. The number of hydrogen-bond donors (Lipinski definition) is 0.